The van der Waals surface area contributed by atoms with Crippen LogP contribution in [0.4, 0.5) is 0 Å². The van der Waals surface area contributed by atoms with Gasteiger partial charge >= 0.3 is 0 Å². The van der Waals surface area contributed by atoms with E-state index in [2.05, 4.69) is 13.8 Å². The molecule has 0 N–H and O–H groups in total. The third-order valence-corrected chi connectivity index (χ3v) is 7.04. The summed E-state index contributed by atoms with van der Waals surface area (Å²) in [5.41, 5.74) is 1.20. The molecule has 0 radical (unpaired) electrons. The van der Waals surface area contributed by atoms with Crippen LogP contribution in [0.5, 0.6) is 11.5 Å². The highest BCUT2D eigenvalue weighted by Gasteiger charge is 2.40. The maximum atomic E-state index is 12.6. The van der Waals surface area contributed by atoms with Crippen LogP contribution in [0, 0.1) is 0 Å². The average molecular weight is 404 g/mol. The lowest BCUT2D eigenvalue weighted by Gasteiger charge is -2.38. The number of benzene rings is 2. The summed E-state index contributed by atoms with van der Waals surface area (Å²) in [5, 5.41) is -0.588. The van der Waals surface area contributed by atoms with Crippen LogP contribution in [0.15, 0.2) is 53.4 Å². The van der Waals surface area contributed by atoms with Crippen LogP contribution in [0.2, 0.25) is 0 Å². The van der Waals surface area contributed by atoms with Gasteiger partial charge in [-0.15, -0.1) is 0 Å². The molecular weight excluding hydrogens is 378 g/mol. The molecule has 0 atom stereocenters. The van der Waals surface area contributed by atoms with Crippen LogP contribution in [0.25, 0.3) is 0 Å². The van der Waals surface area contributed by atoms with Gasteiger partial charge in [0.15, 0.2) is 16.4 Å². The van der Waals surface area contributed by atoms with Gasteiger partial charge in [-0.2, -0.15) is 0 Å². The van der Waals surface area contributed by atoms with Crippen LogP contribution in [-0.2, 0) is 14.6 Å². The molecule has 0 aliphatic carbocycles. The summed E-state index contributed by atoms with van der Waals surface area (Å²) in [6.07, 6.45) is 0. The van der Waals surface area contributed by atoms with Gasteiger partial charge in [0, 0.05) is 13.1 Å². The van der Waals surface area contributed by atoms with Gasteiger partial charge in [-0.25, -0.2) is 8.42 Å². The second-order valence-electron chi connectivity index (χ2n) is 7.15. The van der Waals surface area contributed by atoms with Gasteiger partial charge in [0.25, 0.3) is 5.91 Å². The summed E-state index contributed by atoms with van der Waals surface area (Å²) in [7, 11) is -1.94. The van der Waals surface area contributed by atoms with Crippen LogP contribution in [0.3, 0.4) is 0 Å². The van der Waals surface area contributed by atoms with E-state index >= 15 is 0 Å². The molecule has 1 aliphatic heterocycles. The van der Waals surface area contributed by atoms with Crippen molar-refractivity contribution in [2.45, 2.75) is 29.9 Å². The molecule has 1 saturated heterocycles. The van der Waals surface area contributed by atoms with E-state index in [1.807, 2.05) is 24.3 Å². The predicted molar refractivity (Wildman–Crippen MR) is 107 cm³/mol. The molecule has 7 heteroatoms. The van der Waals surface area contributed by atoms with Crippen LogP contribution in [0.1, 0.15) is 25.3 Å². The zero-order valence-electron chi connectivity index (χ0n) is 16.3. The van der Waals surface area contributed by atoms with Crippen molar-refractivity contribution in [1.29, 1.82) is 0 Å². The van der Waals surface area contributed by atoms with Crippen LogP contribution in [-0.4, -0.2) is 51.3 Å². The molecular formula is C21H25NO5S. The third kappa shape index (κ3) is 4.30. The Labute approximate surface area is 166 Å². The van der Waals surface area contributed by atoms with Crippen molar-refractivity contribution >= 4 is 15.7 Å². The van der Waals surface area contributed by atoms with Crippen molar-refractivity contribution < 1.29 is 22.7 Å². The molecule has 1 fully saturated rings. The zero-order valence-corrected chi connectivity index (χ0v) is 17.1. The standard InChI is InChI=1S/C21H25NO5S/c1-15(2)16-4-6-18(7-5-16)27-14-21(23)22-12-20(13-22)28(24,25)19-10-8-17(26-3)9-11-19/h4-11,15,20H,12-14H2,1-3H3. The molecule has 0 saturated carbocycles. The van der Waals surface area contributed by atoms with E-state index in [1.165, 1.54) is 29.7 Å². The second kappa shape index (κ2) is 8.22. The first kappa shape index (κ1) is 20.2. The van der Waals surface area contributed by atoms with Crippen LogP contribution < -0.4 is 9.47 Å². The molecule has 1 amide bonds. The fraction of sp³-hybridized carbons (Fsp3) is 0.381. The molecule has 2 aromatic rings. The molecule has 28 heavy (non-hydrogen) atoms. The molecule has 0 aromatic heterocycles. The zero-order chi connectivity index (χ0) is 20.3. The number of hydrogen-bond donors (Lipinski definition) is 0. The molecule has 3 rings (SSSR count). The van der Waals surface area contributed by atoms with Gasteiger partial charge in [-0.1, -0.05) is 26.0 Å². The molecule has 6 nitrogen and oxygen atoms in total. The van der Waals surface area contributed by atoms with Gasteiger partial charge in [0.2, 0.25) is 0 Å². The Kier molecular flexibility index (Phi) is 5.93. The lowest BCUT2D eigenvalue weighted by atomic mass is 10.0. The lowest BCUT2D eigenvalue weighted by molar-refractivity contribution is -0.136. The minimum Gasteiger partial charge on any atom is -0.497 e. The minimum atomic E-state index is -3.46. The quantitative estimate of drug-likeness (QED) is 0.711. The van der Waals surface area contributed by atoms with Crippen LogP contribution >= 0.6 is 0 Å². The molecule has 0 bridgehead atoms. The Hall–Kier alpha value is -2.54. The van der Waals surface area contributed by atoms with E-state index in [1.54, 1.807) is 12.1 Å². The van der Waals surface area contributed by atoms with Gasteiger partial charge in [-0.3, -0.25) is 4.79 Å². The van der Waals surface area contributed by atoms with Crippen molar-refractivity contribution in [1.82, 2.24) is 4.90 Å². The number of nitrogens with zero attached hydrogens (tertiary/aromatic N) is 1. The Balaban J connectivity index is 1.51. The first-order chi connectivity index (χ1) is 13.3. The Morgan fingerprint density at radius 2 is 1.61 bits per heavy atom. The van der Waals surface area contributed by atoms with E-state index < -0.39 is 15.1 Å². The number of methoxy groups -OCH3 is 1. The lowest BCUT2D eigenvalue weighted by Crippen LogP contribution is -2.57. The number of carbonyl (C=O) groups excluding carboxylic acids is 1. The molecule has 1 heterocycles. The SMILES string of the molecule is COc1ccc(S(=O)(=O)C2CN(C(=O)COc3ccc(C(C)C)cc3)C2)cc1. The van der Waals surface area contributed by atoms with Crippen molar-refractivity contribution in [2.75, 3.05) is 26.8 Å². The summed E-state index contributed by atoms with van der Waals surface area (Å²) < 4.78 is 35.9. The number of hydrogen-bond acceptors (Lipinski definition) is 5. The number of carbonyl (C=O) groups is 1. The molecule has 0 unspecified atom stereocenters. The molecule has 2 aromatic carbocycles. The monoisotopic (exact) mass is 403 g/mol. The summed E-state index contributed by atoms with van der Waals surface area (Å²) in [6.45, 7) is 4.49. The van der Waals surface area contributed by atoms with Crippen molar-refractivity contribution in [3.05, 3.63) is 54.1 Å². The van der Waals surface area contributed by atoms with Gasteiger partial charge in [0.05, 0.1) is 12.0 Å². The number of likely N-dealkylation sites (tertiary alicyclic amines) is 1. The van der Waals surface area contributed by atoms with E-state index in [0.29, 0.717) is 17.4 Å². The predicted octanol–water partition coefficient (Wildman–Crippen LogP) is 2.88. The van der Waals surface area contributed by atoms with Gasteiger partial charge in [-0.05, 0) is 47.9 Å². The number of sulfone groups is 1. The van der Waals surface area contributed by atoms with Gasteiger partial charge < -0.3 is 14.4 Å². The van der Waals surface area contributed by atoms with E-state index in [-0.39, 0.29) is 30.5 Å². The Morgan fingerprint density at radius 3 is 2.14 bits per heavy atom. The molecule has 0 spiro atoms. The first-order valence-electron chi connectivity index (χ1n) is 9.19. The van der Waals surface area contributed by atoms with E-state index in [0.717, 1.165) is 0 Å². The fourth-order valence-electron chi connectivity index (χ4n) is 2.98. The van der Waals surface area contributed by atoms with E-state index in [9.17, 15) is 13.2 Å². The average Bonchev–Trinajstić information content (AvgIpc) is 2.65. The van der Waals surface area contributed by atoms with Crippen molar-refractivity contribution in [2.24, 2.45) is 0 Å². The normalized spacial score (nSPS) is 14.6. The Bertz CT molecular complexity index is 914. The summed E-state index contributed by atoms with van der Waals surface area (Å²) in [5.74, 6) is 1.44. The topological polar surface area (TPSA) is 72.9 Å². The number of ether oxygens (including phenoxy) is 2. The second-order valence-corrected chi connectivity index (χ2v) is 9.38. The molecule has 150 valence electrons. The maximum Gasteiger partial charge on any atom is 0.260 e. The fourth-order valence-corrected chi connectivity index (χ4v) is 4.63. The van der Waals surface area contributed by atoms with E-state index in [4.69, 9.17) is 9.47 Å². The molecule has 1 aliphatic rings. The smallest absolute Gasteiger partial charge is 0.260 e. The Morgan fingerprint density at radius 1 is 1.04 bits per heavy atom. The number of amides is 1. The van der Waals surface area contributed by atoms with Crippen molar-refractivity contribution in [3.63, 3.8) is 0 Å². The highest BCUT2D eigenvalue weighted by Crippen LogP contribution is 2.25. The largest absolute Gasteiger partial charge is 0.497 e. The highest BCUT2D eigenvalue weighted by molar-refractivity contribution is 7.92. The summed E-state index contributed by atoms with van der Waals surface area (Å²) in [4.78, 5) is 14.0. The summed E-state index contributed by atoms with van der Waals surface area (Å²) >= 11 is 0. The maximum absolute atomic E-state index is 12.6. The summed E-state index contributed by atoms with van der Waals surface area (Å²) in [6, 6.07) is 13.9. The third-order valence-electron chi connectivity index (χ3n) is 4.94. The highest BCUT2D eigenvalue weighted by atomic mass is 32.2. The number of rotatable bonds is 7. The van der Waals surface area contributed by atoms with Gasteiger partial charge in [0.1, 0.15) is 16.7 Å². The first-order valence-corrected chi connectivity index (χ1v) is 10.7. The minimum absolute atomic E-state index is 0.101. The van der Waals surface area contributed by atoms with Crippen molar-refractivity contribution in [3.8, 4) is 11.5 Å².